The van der Waals surface area contributed by atoms with Gasteiger partial charge in [0.25, 0.3) is 0 Å². The molecule has 0 bridgehead atoms. The number of hydrazine groups is 1. The number of aryl methyl sites for hydroxylation is 1. The molecule has 0 fully saturated rings. The molecule has 0 unspecified atom stereocenters. The van der Waals surface area contributed by atoms with E-state index in [2.05, 4.69) is 26.7 Å². The number of aromatic nitrogens is 1. The third kappa shape index (κ3) is 9.91. The Bertz CT molecular complexity index is 981. The zero-order valence-electron chi connectivity index (χ0n) is 20.9. The highest BCUT2D eigenvalue weighted by atomic mass is 16.5. The number of aliphatic carboxylic acids is 1. The number of rotatable bonds is 18. The smallest absolute Gasteiger partial charge is 0.305 e. The van der Waals surface area contributed by atoms with Crippen LogP contribution in [0.4, 0.5) is 0 Å². The fourth-order valence-electron chi connectivity index (χ4n) is 3.51. The van der Waals surface area contributed by atoms with Gasteiger partial charge in [0.2, 0.25) is 11.8 Å². The minimum Gasteiger partial charge on any atom is -0.481 e. The molecule has 2 rings (SSSR count). The molecule has 12 nitrogen and oxygen atoms in total. The molecule has 0 saturated carbocycles. The standard InChI is InChI=1S/C24H37N5O7/c1-25-28(2)16-19-15-18-5-3-4-6-21(18)29(19)10-7-22(31)27-20(17-30)24(34)26-9-12-36-14-13-35-11-8-23(32)33/h3-6,15,20,25,30H,7-14,16-17H2,1-2H3,(H,26,34)(H,27,31)(H,32,33)/t20-/m0/s1. The second-order valence-corrected chi connectivity index (χ2v) is 8.14. The van der Waals surface area contributed by atoms with Crippen LogP contribution >= 0.6 is 0 Å². The molecule has 36 heavy (non-hydrogen) atoms. The van der Waals surface area contributed by atoms with Crippen LogP contribution in [0.2, 0.25) is 0 Å². The summed E-state index contributed by atoms with van der Waals surface area (Å²) in [4.78, 5) is 35.3. The minimum absolute atomic E-state index is 0.0683. The third-order valence-electron chi connectivity index (χ3n) is 5.45. The molecular weight excluding hydrogens is 470 g/mol. The van der Waals surface area contributed by atoms with Crippen molar-refractivity contribution >= 4 is 28.7 Å². The van der Waals surface area contributed by atoms with E-state index in [4.69, 9.17) is 14.6 Å². The monoisotopic (exact) mass is 507 g/mol. The number of benzene rings is 1. The van der Waals surface area contributed by atoms with Crippen molar-refractivity contribution in [3.05, 3.63) is 36.0 Å². The van der Waals surface area contributed by atoms with Gasteiger partial charge in [-0.2, -0.15) is 0 Å². The van der Waals surface area contributed by atoms with Gasteiger partial charge in [-0.05, 0) is 24.6 Å². The molecule has 1 aromatic carbocycles. The lowest BCUT2D eigenvalue weighted by Gasteiger charge is -2.19. The van der Waals surface area contributed by atoms with Crippen LogP contribution in [0.5, 0.6) is 0 Å². The van der Waals surface area contributed by atoms with Crippen LogP contribution in [0, 0.1) is 0 Å². The van der Waals surface area contributed by atoms with Crippen molar-refractivity contribution in [3.8, 4) is 0 Å². The fourth-order valence-corrected chi connectivity index (χ4v) is 3.51. The number of carboxylic acids is 1. The molecule has 200 valence electrons. The maximum Gasteiger partial charge on any atom is 0.305 e. The van der Waals surface area contributed by atoms with E-state index in [-0.39, 0.29) is 51.7 Å². The van der Waals surface area contributed by atoms with Crippen molar-refractivity contribution in [3.63, 3.8) is 0 Å². The van der Waals surface area contributed by atoms with Crippen molar-refractivity contribution in [1.82, 2.24) is 25.6 Å². The summed E-state index contributed by atoms with van der Waals surface area (Å²) in [5.41, 5.74) is 5.14. The van der Waals surface area contributed by atoms with Crippen LogP contribution in [0.1, 0.15) is 18.5 Å². The number of carbonyl (C=O) groups is 3. The first-order valence-corrected chi connectivity index (χ1v) is 11.9. The average Bonchev–Trinajstić information content (AvgIpc) is 3.21. The number of nitrogens with one attached hydrogen (secondary N) is 3. The molecule has 12 heteroatoms. The first-order chi connectivity index (χ1) is 17.3. The van der Waals surface area contributed by atoms with Gasteiger partial charge in [-0.25, -0.2) is 5.01 Å². The van der Waals surface area contributed by atoms with E-state index in [1.54, 1.807) is 0 Å². The van der Waals surface area contributed by atoms with E-state index in [9.17, 15) is 19.5 Å². The zero-order valence-corrected chi connectivity index (χ0v) is 20.9. The van der Waals surface area contributed by atoms with Crippen LogP contribution in [-0.4, -0.2) is 97.3 Å². The second-order valence-electron chi connectivity index (χ2n) is 8.14. The Balaban J connectivity index is 1.76. The zero-order chi connectivity index (χ0) is 26.3. The molecule has 0 radical (unpaired) electrons. The van der Waals surface area contributed by atoms with E-state index in [1.165, 1.54) is 0 Å². The van der Waals surface area contributed by atoms with Crippen molar-refractivity contribution in [2.45, 2.75) is 32.0 Å². The maximum absolute atomic E-state index is 12.6. The van der Waals surface area contributed by atoms with E-state index >= 15 is 0 Å². The topological polar surface area (TPSA) is 154 Å². The van der Waals surface area contributed by atoms with Crippen molar-refractivity contribution < 1.29 is 34.1 Å². The van der Waals surface area contributed by atoms with Gasteiger partial charge in [-0.3, -0.25) is 19.8 Å². The van der Waals surface area contributed by atoms with Gasteiger partial charge in [0, 0.05) is 37.8 Å². The third-order valence-corrected chi connectivity index (χ3v) is 5.45. The molecular formula is C24H37N5O7. The predicted molar refractivity (Wildman–Crippen MR) is 133 cm³/mol. The molecule has 1 atom stereocenters. The Morgan fingerprint density at radius 3 is 2.50 bits per heavy atom. The quantitative estimate of drug-likeness (QED) is 0.135. The minimum atomic E-state index is -1.06. The number of hydrogen-bond donors (Lipinski definition) is 5. The summed E-state index contributed by atoms with van der Waals surface area (Å²) < 4.78 is 12.5. The number of ether oxygens (including phenoxy) is 2. The lowest BCUT2D eigenvalue weighted by atomic mass is 10.2. The Morgan fingerprint density at radius 2 is 1.81 bits per heavy atom. The van der Waals surface area contributed by atoms with Crippen molar-refractivity contribution in [1.29, 1.82) is 0 Å². The molecule has 0 saturated heterocycles. The van der Waals surface area contributed by atoms with E-state index in [0.29, 0.717) is 13.1 Å². The molecule has 0 spiro atoms. The summed E-state index contributed by atoms with van der Waals surface area (Å²) in [5.74, 6) is -1.77. The molecule has 1 aromatic heterocycles. The summed E-state index contributed by atoms with van der Waals surface area (Å²) in [7, 11) is 3.77. The van der Waals surface area contributed by atoms with Gasteiger partial charge in [0.15, 0.2) is 0 Å². The number of aliphatic hydroxyl groups is 1. The number of nitrogens with zero attached hydrogens (tertiary/aromatic N) is 2. The van der Waals surface area contributed by atoms with Crippen molar-refractivity contribution in [2.75, 3.05) is 53.7 Å². The van der Waals surface area contributed by atoms with E-state index < -0.39 is 24.5 Å². The largest absolute Gasteiger partial charge is 0.481 e. The first-order valence-electron chi connectivity index (χ1n) is 11.9. The Labute approximate surface area is 210 Å². The second kappa shape index (κ2) is 15.9. The molecule has 0 aliphatic carbocycles. The summed E-state index contributed by atoms with van der Waals surface area (Å²) in [5, 5.41) is 26.3. The molecule has 2 aromatic rings. The van der Waals surface area contributed by atoms with Crippen molar-refractivity contribution in [2.24, 2.45) is 0 Å². The van der Waals surface area contributed by atoms with Crippen LogP contribution in [0.3, 0.4) is 0 Å². The van der Waals surface area contributed by atoms with Gasteiger partial charge in [-0.1, -0.05) is 18.2 Å². The number of para-hydroxylation sites is 1. The molecule has 5 N–H and O–H groups in total. The number of amides is 2. The SMILES string of the molecule is CNN(C)Cc1cc2ccccc2n1CCC(=O)N[C@@H](CO)C(=O)NCCOCCOCCC(=O)O. The van der Waals surface area contributed by atoms with Gasteiger partial charge in [0.05, 0.1) is 46.0 Å². The number of fused-ring (bicyclic) bond motifs is 1. The summed E-state index contributed by atoms with van der Waals surface area (Å²) in [6.07, 6.45) is 0.0743. The highest BCUT2D eigenvalue weighted by molar-refractivity contribution is 5.88. The van der Waals surface area contributed by atoms with E-state index in [1.807, 2.05) is 43.4 Å². The number of hydrogen-bond acceptors (Lipinski definition) is 8. The molecule has 1 heterocycles. The summed E-state index contributed by atoms with van der Waals surface area (Å²) >= 11 is 0. The Hall–Kier alpha value is -3.03. The average molecular weight is 508 g/mol. The highest BCUT2D eigenvalue weighted by Crippen LogP contribution is 2.21. The Kier molecular flexibility index (Phi) is 12.9. The molecule has 0 aliphatic heterocycles. The maximum atomic E-state index is 12.6. The van der Waals surface area contributed by atoms with E-state index in [0.717, 1.165) is 16.6 Å². The number of aliphatic hydroxyl groups excluding tert-OH is 1. The highest BCUT2D eigenvalue weighted by Gasteiger charge is 2.20. The number of carbonyl (C=O) groups excluding carboxylic acids is 2. The van der Waals surface area contributed by atoms with Crippen LogP contribution in [-0.2, 0) is 36.9 Å². The fraction of sp³-hybridized carbons (Fsp3) is 0.542. The van der Waals surface area contributed by atoms with Crippen LogP contribution < -0.4 is 16.1 Å². The van der Waals surface area contributed by atoms with Gasteiger partial charge >= 0.3 is 5.97 Å². The van der Waals surface area contributed by atoms with Gasteiger partial charge < -0.3 is 34.9 Å². The normalized spacial score (nSPS) is 12.1. The lowest BCUT2D eigenvalue weighted by molar-refractivity contribution is -0.138. The van der Waals surface area contributed by atoms with Crippen LogP contribution in [0.25, 0.3) is 10.9 Å². The van der Waals surface area contributed by atoms with Crippen LogP contribution in [0.15, 0.2) is 30.3 Å². The Morgan fingerprint density at radius 1 is 1.08 bits per heavy atom. The lowest BCUT2D eigenvalue weighted by Crippen LogP contribution is -2.49. The number of carboxylic acid groups (broad SMARTS) is 1. The van der Waals surface area contributed by atoms with Gasteiger partial charge in [-0.15, -0.1) is 0 Å². The van der Waals surface area contributed by atoms with Gasteiger partial charge in [0.1, 0.15) is 6.04 Å². The summed E-state index contributed by atoms with van der Waals surface area (Å²) in [6, 6.07) is 8.98. The summed E-state index contributed by atoms with van der Waals surface area (Å²) in [6.45, 7) is 1.57. The first kappa shape index (κ1) is 29.2. The predicted octanol–water partition coefficient (Wildman–Crippen LogP) is -0.301. The molecule has 0 aliphatic rings. The molecule has 2 amide bonds.